The summed E-state index contributed by atoms with van der Waals surface area (Å²) in [5.41, 5.74) is 3.57. The maximum Gasteiger partial charge on any atom is 0.321 e. The van der Waals surface area contributed by atoms with Crippen LogP contribution >= 0.6 is 0 Å². The van der Waals surface area contributed by atoms with Crippen LogP contribution in [0.5, 0.6) is 0 Å². The quantitative estimate of drug-likeness (QED) is 0.834. The van der Waals surface area contributed by atoms with Gasteiger partial charge in [0.15, 0.2) is 0 Å². The summed E-state index contributed by atoms with van der Waals surface area (Å²) in [6, 6.07) is 15.6. The number of carbonyl (C=O) groups is 2. The lowest BCUT2D eigenvalue weighted by Crippen LogP contribution is -2.52. The minimum Gasteiger partial charge on any atom is -0.351 e. The van der Waals surface area contributed by atoms with Crippen molar-refractivity contribution in [3.63, 3.8) is 0 Å². The highest BCUT2D eigenvalue weighted by Gasteiger charge is 2.39. The molecule has 0 radical (unpaired) electrons. The van der Waals surface area contributed by atoms with Gasteiger partial charge in [-0.05, 0) is 62.4 Å². The van der Waals surface area contributed by atoms with Crippen LogP contribution in [0.1, 0.15) is 36.5 Å². The summed E-state index contributed by atoms with van der Waals surface area (Å²) in [6.07, 6.45) is 1.59. The maximum atomic E-state index is 12.9. The molecule has 1 heterocycles. The second kappa shape index (κ2) is 8.46. The van der Waals surface area contributed by atoms with Gasteiger partial charge in [0, 0.05) is 25.3 Å². The smallest absolute Gasteiger partial charge is 0.321 e. The van der Waals surface area contributed by atoms with Gasteiger partial charge >= 0.3 is 6.03 Å². The van der Waals surface area contributed by atoms with Gasteiger partial charge in [-0.2, -0.15) is 0 Å². The zero-order chi connectivity index (χ0) is 20.1. The molecule has 1 aliphatic rings. The van der Waals surface area contributed by atoms with Crippen molar-refractivity contribution < 1.29 is 9.59 Å². The monoisotopic (exact) mass is 379 g/mol. The van der Waals surface area contributed by atoms with Crippen molar-refractivity contribution in [1.82, 2.24) is 10.2 Å². The van der Waals surface area contributed by atoms with Gasteiger partial charge in [0.05, 0.1) is 5.41 Å². The fourth-order valence-corrected chi connectivity index (χ4v) is 3.72. The molecule has 2 aromatic carbocycles. The van der Waals surface area contributed by atoms with Crippen molar-refractivity contribution in [3.8, 4) is 0 Å². The van der Waals surface area contributed by atoms with E-state index < -0.39 is 5.41 Å². The van der Waals surface area contributed by atoms with E-state index in [1.54, 1.807) is 4.90 Å². The minimum absolute atomic E-state index is 0.00353. The topological polar surface area (TPSA) is 61.4 Å². The van der Waals surface area contributed by atoms with Crippen molar-refractivity contribution in [1.29, 1.82) is 0 Å². The molecule has 0 bridgehead atoms. The first-order valence-corrected chi connectivity index (χ1v) is 9.83. The Morgan fingerprint density at radius 2 is 1.89 bits per heavy atom. The minimum atomic E-state index is -0.578. The summed E-state index contributed by atoms with van der Waals surface area (Å²) in [7, 11) is 0. The zero-order valence-corrected chi connectivity index (χ0v) is 16.9. The first-order valence-electron chi connectivity index (χ1n) is 9.83. The normalized spacial score (nSPS) is 19.2. The van der Waals surface area contributed by atoms with Gasteiger partial charge in [0.2, 0.25) is 5.91 Å². The summed E-state index contributed by atoms with van der Waals surface area (Å²) in [6.45, 7) is 7.58. The lowest BCUT2D eigenvalue weighted by molar-refractivity contribution is -0.132. The first kappa shape index (κ1) is 19.9. The van der Waals surface area contributed by atoms with Gasteiger partial charge in [-0.3, -0.25) is 4.79 Å². The Bertz CT molecular complexity index is 864. The van der Waals surface area contributed by atoms with Crippen LogP contribution in [0.4, 0.5) is 10.5 Å². The van der Waals surface area contributed by atoms with Crippen LogP contribution in [0.25, 0.3) is 0 Å². The lowest BCUT2D eigenvalue weighted by atomic mass is 9.81. The Kier molecular flexibility index (Phi) is 6.02. The summed E-state index contributed by atoms with van der Waals surface area (Å²) in [4.78, 5) is 27.4. The maximum absolute atomic E-state index is 12.9. The molecular weight excluding hydrogens is 350 g/mol. The Labute approximate surface area is 167 Å². The standard InChI is InChI=1S/C23H29N3O2/c1-17-8-6-11-20(14-17)25-22(28)26-13-7-12-23(3,16-26)21(27)24-15-19-10-5-4-9-18(19)2/h4-6,8-11,14H,7,12-13,15-16H2,1-3H3,(H,24,27)(H,25,28). The molecule has 3 amide bonds. The number of urea groups is 1. The number of nitrogens with zero attached hydrogens (tertiary/aromatic N) is 1. The van der Waals surface area contributed by atoms with E-state index in [2.05, 4.69) is 10.6 Å². The van der Waals surface area contributed by atoms with E-state index in [9.17, 15) is 9.59 Å². The van der Waals surface area contributed by atoms with E-state index in [0.29, 0.717) is 19.6 Å². The fraction of sp³-hybridized carbons (Fsp3) is 0.391. The van der Waals surface area contributed by atoms with E-state index in [1.807, 2.05) is 69.3 Å². The summed E-state index contributed by atoms with van der Waals surface area (Å²) in [5, 5.41) is 6.02. The first-order chi connectivity index (χ1) is 13.4. The van der Waals surface area contributed by atoms with Crippen LogP contribution in [0.2, 0.25) is 0 Å². The molecule has 0 aromatic heterocycles. The predicted molar refractivity (Wildman–Crippen MR) is 112 cm³/mol. The second-order valence-electron chi connectivity index (χ2n) is 7.99. The number of benzene rings is 2. The highest BCUT2D eigenvalue weighted by atomic mass is 16.2. The summed E-state index contributed by atoms with van der Waals surface area (Å²) < 4.78 is 0. The van der Waals surface area contributed by atoms with Crippen LogP contribution in [-0.2, 0) is 11.3 Å². The molecule has 2 aromatic rings. The molecule has 3 rings (SSSR count). The Morgan fingerprint density at radius 1 is 1.11 bits per heavy atom. The number of hydrogen-bond donors (Lipinski definition) is 2. The molecule has 1 aliphatic heterocycles. The summed E-state index contributed by atoms with van der Waals surface area (Å²) >= 11 is 0. The summed E-state index contributed by atoms with van der Waals surface area (Å²) in [5.74, 6) is 0.00353. The van der Waals surface area contributed by atoms with Gasteiger partial charge in [-0.1, -0.05) is 36.4 Å². The second-order valence-corrected chi connectivity index (χ2v) is 7.99. The van der Waals surface area contributed by atoms with E-state index in [-0.39, 0.29) is 11.9 Å². The number of amides is 3. The number of nitrogens with one attached hydrogen (secondary N) is 2. The Balaban J connectivity index is 1.61. The van der Waals surface area contributed by atoms with Crippen molar-refractivity contribution >= 4 is 17.6 Å². The van der Waals surface area contributed by atoms with Crippen LogP contribution in [0.3, 0.4) is 0 Å². The lowest BCUT2D eigenvalue weighted by Gasteiger charge is -2.39. The highest BCUT2D eigenvalue weighted by molar-refractivity contribution is 5.90. The van der Waals surface area contributed by atoms with Gasteiger partial charge in [-0.15, -0.1) is 0 Å². The molecule has 2 N–H and O–H groups in total. The molecule has 1 unspecified atom stereocenters. The average molecular weight is 380 g/mol. The van der Waals surface area contributed by atoms with E-state index in [1.165, 1.54) is 0 Å². The van der Waals surface area contributed by atoms with Gasteiger partial charge in [-0.25, -0.2) is 4.79 Å². The number of rotatable bonds is 4. The van der Waals surface area contributed by atoms with E-state index >= 15 is 0 Å². The Morgan fingerprint density at radius 3 is 2.64 bits per heavy atom. The number of carbonyl (C=O) groups excluding carboxylic acids is 2. The number of piperidine rings is 1. The van der Waals surface area contributed by atoms with E-state index in [0.717, 1.165) is 35.2 Å². The largest absolute Gasteiger partial charge is 0.351 e. The zero-order valence-electron chi connectivity index (χ0n) is 16.9. The average Bonchev–Trinajstić information content (AvgIpc) is 2.67. The van der Waals surface area contributed by atoms with E-state index in [4.69, 9.17) is 0 Å². The fourth-order valence-electron chi connectivity index (χ4n) is 3.72. The van der Waals surface area contributed by atoms with Crippen molar-refractivity contribution in [2.75, 3.05) is 18.4 Å². The predicted octanol–water partition coefficient (Wildman–Crippen LogP) is 4.25. The molecular formula is C23H29N3O2. The SMILES string of the molecule is Cc1cccc(NC(=O)N2CCCC(C)(C(=O)NCc3ccccc3C)C2)c1. The molecule has 1 saturated heterocycles. The van der Waals surface area contributed by atoms with Gasteiger partial charge in [0.1, 0.15) is 0 Å². The number of aryl methyl sites for hydroxylation is 2. The highest BCUT2D eigenvalue weighted by Crippen LogP contribution is 2.30. The third kappa shape index (κ3) is 4.71. The molecule has 1 atom stereocenters. The molecule has 0 saturated carbocycles. The molecule has 5 nitrogen and oxygen atoms in total. The van der Waals surface area contributed by atoms with Crippen molar-refractivity contribution in [3.05, 3.63) is 65.2 Å². The van der Waals surface area contributed by atoms with Crippen LogP contribution < -0.4 is 10.6 Å². The van der Waals surface area contributed by atoms with Crippen molar-refractivity contribution in [2.24, 2.45) is 5.41 Å². The van der Waals surface area contributed by atoms with Gasteiger partial charge < -0.3 is 15.5 Å². The number of anilines is 1. The molecule has 1 fully saturated rings. The van der Waals surface area contributed by atoms with Crippen LogP contribution in [0, 0.1) is 19.3 Å². The number of likely N-dealkylation sites (tertiary alicyclic amines) is 1. The van der Waals surface area contributed by atoms with Gasteiger partial charge in [0.25, 0.3) is 0 Å². The van der Waals surface area contributed by atoms with Crippen LogP contribution in [0.15, 0.2) is 48.5 Å². The van der Waals surface area contributed by atoms with Crippen molar-refractivity contribution in [2.45, 2.75) is 40.2 Å². The Hall–Kier alpha value is -2.82. The molecule has 5 heteroatoms. The molecule has 0 aliphatic carbocycles. The van der Waals surface area contributed by atoms with Crippen LogP contribution in [-0.4, -0.2) is 29.9 Å². The third-order valence-electron chi connectivity index (χ3n) is 5.50. The molecule has 0 spiro atoms. The number of hydrogen-bond acceptors (Lipinski definition) is 2. The molecule has 28 heavy (non-hydrogen) atoms. The third-order valence-corrected chi connectivity index (χ3v) is 5.50. The molecule has 148 valence electrons.